The van der Waals surface area contributed by atoms with Gasteiger partial charge in [0.2, 0.25) is 0 Å². The van der Waals surface area contributed by atoms with E-state index in [1.807, 2.05) is 6.20 Å². The van der Waals surface area contributed by atoms with Crippen molar-refractivity contribution in [2.45, 2.75) is 32.1 Å². The van der Waals surface area contributed by atoms with Gasteiger partial charge in [0.15, 0.2) is 0 Å². The molecule has 0 radical (unpaired) electrons. The second-order valence-corrected chi connectivity index (χ2v) is 3.23. The summed E-state index contributed by atoms with van der Waals surface area (Å²) in [6.45, 7) is 2.24. The molecule has 0 aromatic carbocycles. The van der Waals surface area contributed by atoms with Gasteiger partial charge in [-0.25, -0.2) is 9.97 Å². The lowest BCUT2D eigenvalue weighted by molar-refractivity contribution is 0.570. The topological polar surface area (TPSA) is 25.8 Å². The summed E-state index contributed by atoms with van der Waals surface area (Å²) in [4.78, 5) is 8.31. The van der Waals surface area contributed by atoms with Crippen LogP contribution in [0.4, 0.5) is 0 Å². The van der Waals surface area contributed by atoms with E-state index in [0.717, 1.165) is 0 Å². The molecule has 0 saturated carbocycles. The summed E-state index contributed by atoms with van der Waals surface area (Å²) in [5.74, 6) is 0.641. The van der Waals surface area contributed by atoms with E-state index in [1.54, 1.807) is 6.33 Å². The van der Waals surface area contributed by atoms with E-state index in [4.69, 9.17) is 0 Å². The maximum Gasteiger partial charge on any atom is 0.115 e. The third-order valence-electron chi connectivity index (χ3n) is 2.37. The zero-order chi connectivity index (χ0) is 7.68. The standard InChI is InChI=1S/C9H12N2/c1-7-3-2-4-8-5-10-6-11-9(7)8/h5-7H,2-4H2,1H3/t7-/m0/s1. The number of fused-ring (bicyclic) bond motifs is 1. The molecule has 2 rings (SSSR count). The minimum Gasteiger partial charge on any atom is -0.245 e. The normalized spacial score (nSPS) is 22.8. The van der Waals surface area contributed by atoms with Crippen LogP contribution < -0.4 is 0 Å². The van der Waals surface area contributed by atoms with Gasteiger partial charge in [-0.2, -0.15) is 0 Å². The fraction of sp³-hybridized carbons (Fsp3) is 0.556. The van der Waals surface area contributed by atoms with E-state index < -0.39 is 0 Å². The molecule has 0 bridgehead atoms. The second-order valence-electron chi connectivity index (χ2n) is 3.23. The molecule has 1 aliphatic carbocycles. The van der Waals surface area contributed by atoms with E-state index in [9.17, 15) is 0 Å². The average Bonchev–Trinajstić information content (AvgIpc) is 2.06. The fourth-order valence-corrected chi connectivity index (χ4v) is 1.74. The van der Waals surface area contributed by atoms with Gasteiger partial charge >= 0.3 is 0 Å². The van der Waals surface area contributed by atoms with Crippen LogP contribution in [-0.2, 0) is 6.42 Å². The van der Waals surface area contributed by atoms with E-state index in [1.165, 1.54) is 30.5 Å². The van der Waals surface area contributed by atoms with Crippen LogP contribution in [0, 0.1) is 0 Å². The van der Waals surface area contributed by atoms with Crippen LogP contribution in [0.2, 0.25) is 0 Å². The largest absolute Gasteiger partial charge is 0.245 e. The molecule has 0 aliphatic heterocycles. The lowest BCUT2D eigenvalue weighted by Gasteiger charge is -2.19. The lowest BCUT2D eigenvalue weighted by Crippen LogP contribution is -2.09. The average molecular weight is 148 g/mol. The van der Waals surface area contributed by atoms with E-state index >= 15 is 0 Å². The van der Waals surface area contributed by atoms with Crippen molar-refractivity contribution in [1.29, 1.82) is 0 Å². The van der Waals surface area contributed by atoms with Gasteiger partial charge in [-0.15, -0.1) is 0 Å². The summed E-state index contributed by atoms with van der Waals surface area (Å²) >= 11 is 0. The number of hydrogen-bond donors (Lipinski definition) is 0. The van der Waals surface area contributed by atoms with Crippen LogP contribution in [-0.4, -0.2) is 9.97 Å². The third-order valence-corrected chi connectivity index (χ3v) is 2.37. The van der Waals surface area contributed by atoms with Gasteiger partial charge in [0.25, 0.3) is 0 Å². The molecule has 0 N–H and O–H groups in total. The first-order valence-electron chi connectivity index (χ1n) is 4.16. The van der Waals surface area contributed by atoms with Crippen molar-refractivity contribution in [3.8, 4) is 0 Å². The van der Waals surface area contributed by atoms with Crippen molar-refractivity contribution >= 4 is 0 Å². The van der Waals surface area contributed by atoms with Crippen LogP contribution in [0.3, 0.4) is 0 Å². The molecule has 0 saturated heterocycles. The predicted octanol–water partition coefficient (Wildman–Crippen LogP) is 1.92. The molecule has 1 heterocycles. The Bertz CT molecular complexity index is 257. The zero-order valence-corrected chi connectivity index (χ0v) is 6.75. The van der Waals surface area contributed by atoms with E-state index in [0.29, 0.717) is 5.92 Å². The highest BCUT2D eigenvalue weighted by Gasteiger charge is 2.16. The maximum absolute atomic E-state index is 4.29. The van der Waals surface area contributed by atoms with Crippen LogP contribution in [0.25, 0.3) is 0 Å². The summed E-state index contributed by atoms with van der Waals surface area (Å²) in [7, 11) is 0. The van der Waals surface area contributed by atoms with Crippen LogP contribution >= 0.6 is 0 Å². The zero-order valence-electron chi connectivity index (χ0n) is 6.75. The second kappa shape index (κ2) is 2.61. The highest BCUT2D eigenvalue weighted by atomic mass is 14.8. The first-order valence-corrected chi connectivity index (χ1v) is 4.16. The molecule has 0 unspecified atom stereocenters. The molecule has 11 heavy (non-hydrogen) atoms. The van der Waals surface area contributed by atoms with Gasteiger partial charge in [-0.1, -0.05) is 6.92 Å². The summed E-state index contributed by atoms with van der Waals surface area (Å²) in [5.41, 5.74) is 2.62. The molecule has 2 heteroatoms. The minimum absolute atomic E-state index is 0.641. The Hall–Kier alpha value is -0.920. The molecule has 0 amide bonds. The van der Waals surface area contributed by atoms with Gasteiger partial charge < -0.3 is 0 Å². The maximum atomic E-state index is 4.29. The van der Waals surface area contributed by atoms with Crippen molar-refractivity contribution in [1.82, 2.24) is 9.97 Å². The Morgan fingerprint density at radius 1 is 1.55 bits per heavy atom. The Morgan fingerprint density at radius 3 is 3.27 bits per heavy atom. The van der Waals surface area contributed by atoms with Crippen molar-refractivity contribution in [2.24, 2.45) is 0 Å². The first-order chi connectivity index (χ1) is 5.38. The summed E-state index contributed by atoms with van der Waals surface area (Å²) in [5, 5.41) is 0. The number of rotatable bonds is 0. The summed E-state index contributed by atoms with van der Waals surface area (Å²) in [6, 6.07) is 0. The van der Waals surface area contributed by atoms with Crippen molar-refractivity contribution in [3.63, 3.8) is 0 Å². The molecule has 0 fully saturated rings. The van der Waals surface area contributed by atoms with Gasteiger partial charge in [0.1, 0.15) is 6.33 Å². The Morgan fingerprint density at radius 2 is 2.45 bits per heavy atom. The first kappa shape index (κ1) is 6.77. The third kappa shape index (κ3) is 1.13. The molecule has 2 nitrogen and oxygen atoms in total. The van der Waals surface area contributed by atoms with E-state index in [2.05, 4.69) is 16.9 Å². The molecule has 1 atom stereocenters. The van der Waals surface area contributed by atoms with Gasteiger partial charge in [-0.05, 0) is 30.7 Å². The minimum atomic E-state index is 0.641. The molecule has 0 spiro atoms. The predicted molar refractivity (Wildman–Crippen MR) is 43.4 cm³/mol. The van der Waals surface area contributed by atoms with Crippen molar-refractivity contribution in [3.05, 3.63) is 23.8 Å². The SMILES string of the molecule is C[C@H]1CCCc2cncnc21. The molecular formula is C9H12N2. The molecule has 1 aromatic rings. The fourth-order valence-electron chi connectivity index (χ4n) is 1.74. The Kier molecular flexibility index (Phi) is 1.60. The molecular weight excluding hydrogens is 136 g/mol. The summed E-state index contributed by atoms with van der Waals surface area (Å²) < 4.78 is 0. The molecule has 1 aromatic heterocycles. The van der Waals surface area contributed by atoms with E-state index in [-0.39, 0.29) is 0 Å². The highest BCUT2D eigenvalue weighted by molar-refractivity contribution is 5.22. The van der Waals surface area contributed by atoms with Crippen LogP contribution in [0.5, 0.6) is 0 Å². The quantitative estimate of drug-likeness (QED) is 0.561. The highest BCUT2D eigenvalue weighted by Crippen LogP contribution is 2.27. The molecule has 58 valence electrons. The van der Waals surface area contributed by atoms with Crippen LogP contribution in [0.1, 0.15) is 36.9 Å². The summed E-state index contributed by atoms with van der Waals surface area (Å²) in [6.07, 6.45) is 7.35. The monoisotopic (exact) mass is 148 g/mol. The number of hydrogen-bond acceptors (Lipinski definition) is 2. The van der Waals surface area contributed by atoms with Gasteiger partial charge in [-0.3, -0.25) is 0 Å². The van der Waals surface area contributed by atoms with Crippen molar-refractivity contribution in [2.75, 3.05) is 0 Å². The van der Waals surface area contributed by atoms with Gasteiger partial charge in [0.05, 0.1) is 0 Å². The number of nitrogens with zero attached hydrogens (tertiary/aromatic N) is 2. The lowest BCUT2D eigenvalue weighted by atomic mass is 9.89. The van der Waals surface area contributed by atoms with Crippen LogP contribution in [0.15, 0.2) is 12.5 Å². The smallest absolute Gasteiger partial charge is 0.115 e. The number of aryl methyl sites for hydroxylation is 1. The Balaban J connectivity index is 2.44. The Labute approximate surface area is 66.7 Å². The molecule has 1 aliphatic rings. The van der Waals surface area contributed by atoms with Crippen molar-refractivity contribution < 1.29 is 0 Å². The number of aromatic nitrogens is 2. The van der Waals surface area contributed by atoms with Gasteiger partial charge in [0, 0.05) is 11.9 Å².